The van der Waals surface area contributed by atoms with E-state index in [1.165, 1.54) is 9.13 Å². The van der Waals surface area contributed by atoms with Crippen LogP contribution < -0.4 is 0 Å². The average Bonchev–Trinajstić information content (AvgIpc) is 2.76. The van der Waals surface area contributed by atoms with E-state index in [-0.39, 0.29) is 0 Å². The van der Waals surface area contributed by atoms with Gasteiger partial charge >= 0.3 is 0 Å². The molecule has 15 heavy (non-hydrogen) atoms. The molecule has 0 radical (unpaired) electrons. The zero-order valence-electron chi connectivity index (χ0n) is 7.72. The maximum absolute atomic E-state index is 4.56. The Labute approximate surface area is 105 Å². The highest BCUT2D eigenvalue weighted by Gasteiger charge is 2.04. The summed E-state index contributed by atoms with van der Waals surface area (Å²) in [6.45, 7) is 0. The van der Waals surface area contributed by atoms with Crippen LogP contribution in [0, 0.1) is 3.57 Å². The standard InChI is InChI=1S/C11H7IN2S/c12-9-3-1-2-8(6-9)10-7-14-4-5-15-11(14)13-10/h1-7H. The summed E-state index contributed by atoms with van der Waals surface area (Å²) >= 11 is 3.97. The largest absolute Gasteiger partial charge is 0.297 e. The van der Waals surface area contributed by atoms with Crippen molar-refractivity contribution >= 4 is 38.9 Å². The Kier molecular flexibility index (Phi) is 2.25. The van der Waals surface area contributed by atoms with E-state index in [1.807, 2.05) is 11.6 Å². The van der Waals surface area contributed by atoms with Gasteiger partial charge in [-0.25, -0.2) is 4.98 Å². The molecular formula is C11H7IN2S. The lowest BCUT2D eigenvalue weighted by molar-refractivity contribution is 1.23. The minimum Gasteiger partial charge on any atom is -0.297 e. The quantitative estimate of drug-likeness (QED) is 0.624. The summed E-state index contributed by atoms with van der Waals surface area (Å²) in [5.74, 6) is 0. The van der Waals surface area contributed by atoms with E-state index in [0.29, 0.717) is 0 Å². The Morgan fingerprint density at radius 1 is 1.33 bits per heavy atom. The van der Waals surface area contributed by atoms with Crippen LogP contribution in [0.25, 0.3) is 16.2 Å². The summed E-state index contributed by atoms with van der Waals surface area (Å²) in [6.07, 6.45) is 4.10. The van der Waals surface area contributed by atoms with Crippen LogP contribution in [0.15, 0.2) is 42.0 Å². The molecule has 3 rings (SSSR count). The van der Waals surface area contributed by atoms with Gasteiger partial charge in [-0.15, -0.1) is 11.3 Å². The molecule has 0 saturated carbocycles. The number of fused-ring (bicyclic) bond motifs is 1. The molecule has 0 fully saturated rings. The first-order valence-electron chi connectivity index (χ1n) is 4.51. The van der Waals surface area contributed by atoms with Crippen molar-refractivity contribution in [2.45, 2.75) is 0 Å². The minimum atomic E-state index is 1.04. The second kappa shape index (κ2) is 3.61. The van der Waals surface area contributed by atoms with Gasteiger partial charge in [-0.2, -0.15) is 0 Å². The van der Waals surface area contributed by atoms with E-state index in [9.17, 15) is 0 Å². The molecule has 0 bridgehead atoms. The van der Waals surface area contributed by atoms with Gasteiger partial charge in [-0.3, -0.25) is 4.40 Å². The number of aromatic nitrogens is 2. The summed E-state index contributed by atoms with van der Waals surface area (Å²) < 4.78 is 3.29. The van der Waals surface area contributed by atoms with Crippen molar-refractivity contribution < 1.29 is 0 Å². The molecule has 2 heterocycles. The lowest BCUT2D eigenvalue weighted by Gasteiger charge is -1.95. The minimum absolute atomic E-state index is 1.04. The Bertz CT molecular complexity index is 583. The normalized spacial score (nSPS) is 11.0. The fourth-order valence-electron chi connectivity index (χ4n) is 1.51. The molecule has 74 valence electrons. The number of rotatable bonds is 1. The van der Waals surface area contributed by atoms with E-state index >= 15 is 0 Å². The fraction of sp³-hybridized carbons (Fsp3) is 0. The molecule has 1 aromatic carbocycles. The van der Waals surface area contributed by atoms with Crippen LogP contribution >= 0.6 is 33.9 Å². The van der Waals surface area contributed by atoms with E-state index in [1.54, 1.807) is 11.3 Å². The molecule has 4 heteroatoms. The Morgan fingerprint density at radius 3 is 3.07 bits per heavy atom. The van der Waals surface area contributed by atoms with Crippen LogP contribution in [0.3, 0.4) is 0 Å². The van der Waals surface area contributed by atoms with E-state index in [2.05, 4.69) is 62.4 Å². The van der Waals surface area contributed by atoms with Crippen molar-refractivity contribution in [3.63, 3.8) is 0 Å². The zero-order valence-corrected chi connectivity index (χ0v) is 10.7. The molecule has 3 aromatic rings. The molecule has 0 amide bonds. The average molecular weight is 326 g/mol. The summed E-state index contributed by atoms with van der Waals surface area (Å²) in [5, 5.41) is 2.04. The third-order valence-electron chi connectivity index (χ3n) is 2.21. The molecule has 0 spiro atoms. The first-order chi connectivity index (χ1) is 7.33. The summed E-state index contributed by atoms with van der Waals surface area (Å²) in [5.41, 5.74) is 2.22. The van der Waals surface area contributed by atoms with Crippen molar-refractivity contribution in [1.82, 2.24) is 9.38 Å². The van der Waals surface area contributed by atoms with Crippen molar-refractivity contribution in [3.05, 3.63) is 45.6 Å². The Morgan fingerprint density at radius 2 is 2.27 bits per heavy atom. The van der Waals surface area contributed by atoms with Crippen LogP contribution in [0.2, 0.25) is 0 Å². The number of hydrogen-bond acceptors (Lipinski definition) is 2. The van der Waals surface area contributed by atoms with Crippen molar-refractivity contribution in [2.24, 2.45) is 0 Å². The molecule has 0 atom stereocenters. The van der Waals surface area contributed by atoms with Gasteiger partial charge in [-0.1, -0.05) is 12.1 Å². The van der Waals surface area contributed by atoms with E-state index in [4.69, 9.17) is 0 Å². The molecule has 2 aromatic heterocycles. The topological polar surface area (TPSA) is 17.3 Å². The van der Waals surface area contributed by atoms with Crippen LogP contribution in [0.1, 0.15) is 0 Å². The monoisotopic (exact) mass is 326 g/mol. The van der Waals surface area contributed by atoms with Crippen molar-refractivity contribution in [2.75, 3.05) is 0 Å². The highest BCUT2D eigenvalue weighted by molar-refractivity contribution is 14.1. The summed E-state index contributed by atoms with van der Waals surface area (Å²) in [4.78, 5) is 5.61. The van der Waals surface area contributed by atoms with Gasteiger partial charge in [0.2, 0.25) is 0 Å². The van der Waals surface area contributed by atoms with Crippen LogP contribution in [-0.4, -0.2) is 9.38 Å². The smallest absolute Gasteiger partial charge is 0.194 e. The third-order valence-corrected chi connectivity index (χ3v) is 3.66. The summed E-state index contributed by atoms with van der Waals surface area (Å²) in [6, 6.07) is 8.38. The molecular weight excluding hydrogens is 319 g/mol. The van der Waals surface area contributed by atoms with Crippen LogP contribution in [-0.2, 0) is 0 Å². The van der Waals surface area contributed by atoms with E-state index < -0.39 is 0 Å². The number of benzene rings is 1. The first kappa shape index (κ1) is 9.35. The Balaban J connectivity index is 2.17. The molecule has 0 aliphatic rings. The molecule has 0 N–H and O–H groups in total. The van der Waals surface area contributed by atoms with Gasteiger partial charge < -0.3 is 0 Å². The predicted molar refractivity (Wildman–Crippen MR) is 71.2 cm³/mol. The van der Waals surface area contributed by atoms with Gasteiger partial charge in [0.1, 0.15) is 0 Å². The predicted octanol–water partition coefficient (Wildman–Crippen LogP) is 3.67. The van der Waals surface area contributed by atoms with Gasteiger partial charge in [0, 0.05) is 26.9 Å². The summed E-state index contributed by atoms with van der Waals surface area (Å²) in [7, 11) is 0. The lowest BCUT2D eigenvalue weighted by atomic mass is 10.2. The first-order valence-corrected chi connectivity index (χ1v) is 6.47. The maximum Gasteiger partial charge on any atom is 0.194 e. The van der Waals surface area contributed by atoms with Gasteiger partial charge in [0.05, 0.1) is 5.69 Å². The second-order valence-electron chi connectivity index (χ2n) is 3.23. The highest BCUT2D eigenvalue weighted by atomic mass is 127. The van der Waals surface area contributed by atoms with Gasteiger partial charge in [0.25, 0.3) is 0 Å². The lowest BCUT2D eigenvalue weighted by Crippen LogP contribution is -1.78. The molecule has 0 saturated heterocycles. The molecule has 0 aliphatic heterocycles. The molecule has 2 nitrogen and oxygen atoms in total. The third kappa shape index (κ3) is 1.68. The fourth-order valence-corrected chi connectivity index (χ4v) is 2.76. The maximum atomic E-state index is 4.56. The Hall–Kier alpha value is -0.880. The van der Waals surface area contributed by atoms with Crippen LogP contribution in [0.4, 0.5) is 0 Å². The number of nitrogens with zero attached hydrogens (tertiary/aromatic N) is 2. The molecule has 0 unspecified atom stereocenters. The van der Waals surface area contributed by atoms with E-state index in [0.717, 1.165) is 10.7 Å². The van der Waals surface area contributed by atoms with Crippen molar-refractivity contribution in [3.8, 4) is 11.3 Å². The number of imidazole rings is 1. The number of thiazole rings is 1. The second-order valence-corrected chi connectivity index (χ2v) is 5.35. The van der Waals surface area contributed by atoms with Crippen molar-refractivity contribution in [1.29, 1.82) is 0 Å². The number of halogens is 1. The SMILES string of the molecule is Ic1cccc(-c2cn3ccsc3n2)c1. The molecule has 0 aliphatic carbocycles. The number of hydrogen-bond donors (Lipinski definition) is 0. The van der Waals surface area contributed by atoms with Gasteiger partial charge in [-0.05, 0) is 34.7 Å². The van der Waals surface area contributed by atoms with Crippen LogP contribution in [0.5, 0.6) is 0 Å². The zero-order chi connectivity index (χ0) is 10.3. The van der Waals surface area contributed by atoms with Gasteiger partial charge in [0.15, 0.2) is 4.96 Å². The highest BCUT2D eigenvalue weighted by Crippen LogP contribution is 2.22.